The smallest absolute Gasteiger partial charge is 0.339 e. The van der Waals surface area contributed by atoms with Gasteiger partial charge in [0.05, 0.1) is 19.3 Å². The van der Waals surface area contributed by atoms with Crippen molar-refractivity contribution in [2.45, 2.75) is 58.0 Å². The molecule has 0 fully saturated rings. The van der Waals surface area contributed by atoms with Crippen molar-refractivity contribution < 1.29 is 14.3 Å². The summed E-state index contributed by atoms with van der Waals surface area (Å²) in [6.07, 6.45) is 10.3. The number of methoxy groups -OCH3 is 1. The molecule has 1 heterocycles. The molecule has 0 bridgehead atoms. The minimum Gasteiger partial charge on any atom is -0.496 e. The van der Waals surface area contributed by atoms with Crippen LogP contribution in [0.5, 0.6) is 5.75 Å². The summed E-state index contributed by atoms with van der Waals surface area (Å²) in [6, 6.07) is 2.98. The normalized spacial score (nSPS) is 12.7. The van der Waals surface area contributed by atoms with Crippen LogP contribution in [0.1, 0.15) is 51.2 Å². The number of aryl methyl sites for hydroxylation is 1. The van der Waals surface area contributed by atoms with Crippen molar-refractivity contribution in [3.63, 3.8) is 0 Å². The topological polar surface area (TPSA) is 59.7 Å². The molecule has 1 N–H and O–H groups in total. The maximum Gasteiger partial charge on any atom is 0.339 e. The molecule has 118 valence electrons. The fourth-order valence-electron chi connectivity index (χ4n) is 2.07. The molecule has 21 heavy (non-hydrogen) atoms. The van der Waals surface area contributed by atoms with Crippen molar-refractivity contribution >= 4 is 0 Å². The SMILES string of the molecule is CCCCCC/C=C\[C@H](O)CCc1cc(OC)cc(=O)o1. The average molecular weight is 294 g/mol. The fraction of sp³-hybridized carbons (Fsp3) is 0.588. The Morgan fingerprint density at radius 1 is 1.33 bits per heavy atom. The number of aliphatic hydroxyl groups is 1. The van der Waals surface area contributed by atoms with Gasteiger partial charge in [0.1, 0.15) is 11.5 Å². The molecular weight excluding hydrogens is 268 g/mol. The minimum atomic E-state index is -0.507. The fourth-order valence-corrected chi connectivity index (χ4v) is 2.07. The second-order valence-corrected chi connectivity index (χ2v) is 5.17. The summed E-state index contributed by atoms with van der Waals surface area (Å²) in [5.41, 5.74) is -0.426. The van der Waals surface area contributed by atoms with Gasteiger partial charge < -0.3 is 14.3 Å². The van der Waals surface area contributed by atoms with Crippen molar-refractivity contribution in [2.75, 3.05) is 7.11 Å². The van der Waals surface area contributed by atoms with Crippen LogP contribution in [0, 0.1) is 0 Å². The first-order valence-corrected chi connectivity index (χ1v) is 7.68. The van der Waals surface area contributed by atoms with Gasteiger partial charge in [0.2, 0.25) is 0 Å². The largest absolute Gasteiger partial charge is 0.496 e. The molecule has 0 aliphatic carbocycles. The maximum atomic E-state index is 11.3. The molecule has 0 amide bonds. The molecule has 0 spiro atoms. The van der Waals surface area contributed by atoms with E-state index in [0.29, 0.717) is 24.4 Å². The van der Waals surface area contributed by atoms with E-state index in [2.05, 4.69) is 6.92 Å². The second kappa shape index (κ2) is 10.2. The summed E-state index contributed by atoms with van der Waals surface area (Å²) in [5.74, 6) is 1.02. The third-order valence-electron chi connectivity index (χ3n) is 3.30. The Morgan fingerprint density at radius 3 is 2.86 bits per heavy atom. The van der Waals surface area contributed by atoms with Crippen molar-refractivity contribution in [3.05, 3.63) is 40.5 Å². The van der Waals surface area contributed by atoms with E-state index in [-0.39, 0.29) is 0 Å². The summed E-state index contributed by atoms with van der Waals surface area (Å²) >= 11 is 0. The molecule has 1 rings (SSSR count). The number of aliphatic hydroxyl groups excluding tert-OH is 1. The molecule has 1 aromatic heterocycles. The van der Waals surface area contributed by atoms with E-state index >= 15 is 0 Å². The van der Waals surface area contributed by atoms with E-state index in [4.69, 9.17) is 9.15 Å². The zero-order chi connectivity index (χ0) is 15.5. The summed E-state index contributed by atoms with van der Waals surface area (Å²) in [4.78, 5) is 11.3. The first kappa shape index (κ1) is 17.5. The molecule has 0 saturated carbocycles. The van der Waals surface area contributed by atoms with E-state index in [0.717, 1.165) is 6.42 Å². The van der Waals surface area contributed by atoms with Crippen molar-refractivity contribution in [1.29, 1.82) is 0 Å². The van der Waals surface area contributed by atoms with Gasteiger partial charge in [-0.1, -0.05) is 38.3 Å². The van der Waals surface area contributed by atoms with Gasteiger partial charge in [0.25, 0.3) is 0 Å². The number of unbranched alkanes of at least 4 members (excludes halogenated alkanes) is 4. The van der Waals surface area contributed by atoms with E-state index in [1.54, 1.807) is 6.07 Å². The number of ether oxygens (including phenoxy) is 1. The Morgan fingerprint density at radius 2 is 2.14 bits per heavy atom. The third-order valence-corrected chi connectivity index (χ3v) is 3.30. The highest BCUT2D eigenvalue weighted by molar-refractivity contribution is 5.20. The molecule has 0 radical (unpaired) electrons. The molecule has 1 aromatic rings. The second-order valence-electron chi connectivity index (χ2n) is 5.17. The highest BCUT2D eigenvalue weighted by Gasteiger charge is 2.05. The van der Waals surface area contributed by atoms with E-state index < -0.39 is 11.7 Å². The zero-order valence-electron chi connectivity index (χ0n) is 13.0. The van der Waals surface area contributed by atoms with Crippen LogP contribution in [0.2, 0.25) is 0 Å². The molecule has 1 atom stereocenters. The number of allylic oxidation sites excluding steroid dienone is 1. The summed E-state index contributed by atoms with van der Waals surface area (Å²) < 4.78 is 10.1. The van der Waals surface area contributed by atoms with Gasteiger partial charge in [0.15, 0.2) is 0 Å². The predicted octanol–water partition coefficient (Wildman–Crippen LogP) is 3.47. The Bertz CT molecular complexity index is 476. The van der Waals surface area contributed by atoms with Crippen LogP contribution < -0.4 is 10.4 Å². The lowest BCUT2D eigenvalue weighted by atomic mass is 10.1. The summed E-state index contributed by atoms with van der Waals surface area (Å²) in [6.45, 7) is 2.19. The van der Waals surface area contributed by atoms with Crippen LogP contribution in [-0.4, -0.2) is 18.3 Å². The van der Waals surface area contributed by atoms with Crippen LogP contribution in [0.3, 0.4) is 0 Å². The Hall–Kier alpha value is -1.55. The van der Waals surface area contributed by atoms with Gasteiger partial charge in [-0.15, -0.1) is 0 Å². The van der Waals surface area contributed by atoms with Gasteiger partial charge in [0, 0.05) is 12.5 Å². The van der Waals surface area contributed by atoms with Gasteiger partial charge in [-0.25, -0.2) is 4.79 Å². The lowest BCUT2D eigenvalue weighted by Crippen LogP contribution is -2.06. The van der Waals surface area contributed by atoms with E-state index in [9.17, 15) is 9.90 Å². The van der Waals surface area contributed by atoms with Crippen molar-refractivity contribution in [2.24, 2.45) is 0 Å². The quantitative estimate of drug-likeness (QED) is 0.530. The molecular formula is C17H26O4. The zero-order valence-corrected chi connectivity index (χ0v) is 13.0. The minimum absolute atomic E-state index is 0.426. The molecule has 0 aliphatic rings. The van der Waals surface area contributed by atoms with Crippen molar-refractivity contribution in [3.8, 4) is 5.75 Å². The number of rotatable bonds is 10. The highest BCUT2D eigenvalue weighted by atomic mass is 16.5. The molecule has 4 nitrogen and oxygen atoms in total. The van der Waals surface area contributed by atoms with Crippen LogP contribution in [0.15, 0.2) is 33.5 Å². The number of hydrogen-bond acceptors (Lipinski definition) is 4. The monoisotopic (exact) mass is 294 g/mol. The molecule has 0 saturated heterocycles. The maximum absolute atomic E-state index is 11.3. The van der Waals surface area contributed by atoms with Gasteiger partial charge in [-0.3, -0.25) is 0 Å². The van der Waals surface area contributed by atoms with E-state index in [1.165, 1.54) is 38.9 Å². The van der Waals surface area contributed by atoms with Crippen LogP contribution in [0.4, 0.5) is 0 Å². The Kier molecular flexibility index (Phi) is 8.51. The lowest BCUT2D eigenvalue weighted by molar-refractivity contribution is 0.209. The van der Waals surface area contributed by atoms with Crippen LogP contribution in [-0.2, 0) is 6.42 Å². The van der Waals surface area contributed by atoms with Gasteiger partial charge in [-0.05, 0) is 19.3 Å². The van der Waals surface area contributed by atoms with Crippen LogP contribution in [0.25, 0.3) is 0 Å². The first-order chi connectivity index (χ1) is 10.2. The lowest BCUT2D eigenvalue weighted by Gasteiger charge is -2.06. The molecule has 4 heteroatoms. The Balaban J connectivity index is 2.32. The number of hydrogen-bond donors (Lipinski definition) is 1. The first-order valence-electron chi connectivity index (χ1n) is 7.68. The van der Waals surface area contributed by atoms with E-state index in [1.807, 2.05) is 12.2 Å². The third kappa shape index (κ3) is 7.71. The summed E-state index contributed by atoms with van der Waals surface area (Å²) in [7, 11) is 1.51. The average Bonchev–Trinajstić information content (AvgIpc) is 2.48. The van der Waals surface area contributed by atoms with Crippen LogP contribution >= 0.6 is 0 Å². The molecule has 0 unspecified atom stereocenters. The predicted molar refractivity (Wildman–Crippen MR) is 83.8 cm³/mol. The molecule has 0 aromatic carbocycles. The van der Waals surface area contributed by atoms with Crippen molar-refractivity contribution in [1.82, 2.24) is 0 Å². The van der Waals surface area contributed by atoms with Gasteiger partial charge >= 0.3 is 5.63 Å². The molecule has 0 aliphatic heterocycles. The Labute approximate surface area is 126 Å². The standard InChI is InChI=1S/C17H26O4/c1-3-4-5-6-7-8-9-14(18)10-11-15-12-16(20-2)13-17(19)21-15/h8-9,12-14,18H,3-7,10-11H2,1-2H3/b9-8-/t14-/m0/s1. The summed E-state index contributed by atoms with van der Waals surface area (Å²) in [5, 5.41) is 9.87. The highest BCUT2D eigenvalue weighted by Crippen LogP contribution is 2.12. The van der Waals surface area contributed by atoms with Gasteiger partial charge in [-0.2, -0.15) is 0 Å².